The van der Waals surface area contributed by atoms with Crippen molar-refractivity contribution in [2.45, 2.75) is 58.8 Å². The van der Waals surface area contributed by atoms with E-state index in [1.165, 1.54) is 43.2 Å². The van der Waals surface area contributed by atoms with Crippen LogP contribution in [0.1, 0.15) is 57.1 Å². The lowest BCUT2D eigenvalue weighted by Crippen LogP contribution is -1.94. The molecule has 0 amide bonds. The van der Waals surface area contributed by atoms with Gasteiger partial charge < -0.3 is 0 Å². The first-order chi connectivity index (χ1) is 13.3. The summed E-state index contributed by atoms with van der Waals surface area (Å²) in [7, 11) is 0. The van der Waals surface area contributed by atoms with E-state index in [-0.39, 0.29) is 0 Å². The number of aryl methyl sites for hydroxylation is 2. The number of benzene rings is 1. The van der Waals surface area contributed by atoms with Crippen molar-refractivity contribution in [2.24, 2.45) is 0 Å². The smallest absolute Gasteiger partial charge is 0.178 e. The number of rotatable bonds is 9. The maximum atomic E-state index is 4.55. The van der Waals surface area contributed by atoms with Gasteiger partial charge in [-0.05, 0) is 48.4 Å². The summed E-state index contributed by atoms with van der Waals surface area (Å²) in [6, 6.07) is 12.9. The van der Waals surface area contributed by atoms with Gasteiger partial charge in [0.25, 0.3) is 0 Å². The summed E-state index contributed by atoms with van der Waals surface area (Å²) >= 11 is 0. The maximum absolute atomic E-state index is 4.55. The highest BCUT2D eigenvalue weighted by molar-refractivity contribution is 5.63. The molecule has 27 heavy (non-hydrogen) atoms. The average molecular weight is 360 g/mol. The number of nitrogens with zero attached hydrogens (tertiary/aromatic N) is 3. The fourth-order valence-electron chi connectivity index (χ4n) is 3.14. The molecule has 0 N–H and O–H groups in total. The lowest BCUT2D eigenvalue weighted by atomic mass is 10.0. The van der Waals surface area contributed by atoms with Crippen LogP contribution in [-0.4, -0.2) is 15.0 Å². The first kappa shape index (κ1) is 19.2. The van der Waals surface area contributed by atoms with Crippen LogP contribution >= 0.6 is 0 Å². The van der Waals surface area contributed by atoms with Gasteiger partial charge in [-0.25, -0.2) is 9.97 Å². The first-order valence-electron chi connectivity index (χ1n) is 10.2. The summed E-state index contributed by atoms with van der Waals surface area (Å²) in [6.45, 7) is 4.45. The summed E-state index contributed by atoms with van der Waals surface area (Å²) in [6.07, 6.45) is 14.2. The molecule has 0 fully saturated rings. The third-order valence-corrected chi connectivity index (χ3v) is 4.88. The summed E-state index contributed by atoms with van der Waals surface area (Å²) in [5, 5.41) is 0. The molecule has 3 aromatic rings. The van der Waals surface area contributed by atoms with Crippen LogP contribution in [0.25, 0.3) is 22.6 Å². The minimum Gasteiger partial charge on any atom is -0.253 e. The summed E-state index contributed by atoms with van der Waals surface area (Å²) in [5.41, 5.74) is 5.70. The van der Waals surface area contributed by atoms with Crippen LogP contribution in [-0.2, 0) is 12.8 Å². The molecule has 0 bridgehead atoms. The lowest BCUT2D eigenvalue weighted by molar-refractivity contribution is 0.716. The van der Waals surface area contributed by atoms with Gasteiger partial charge in [-0.2, -0.15) is 0 Å². The molecule has 3 nitrogen and oxygen atoms in total. The molecule has 2 heterocycles. The third kappa shape index (κ3) is 5.46. The highest BCUT2D eigenvalue weighted by atomic mass is 14.9. The highest BCUT2D eigenvalue weighted by Gasteiger charge is 2.05. The Labute approximate surface area is 162 Å². The largest absolute Gasteiger partial charge is 0.253 e. The highest BCUT2D eigenvalue weighted by Crippen LogP contribution is 2.21. The van der Waals surface area contributed by atoms with E-state index in [1.807, 2.05) is 24.7 Å². The van der Waals surface area contributed by atoms with Crippen LogP contribution in [0.2, 0.25) is 0 Å². The molecule has 1 aromatic carbocycles. The zero-order valence-electron chi connectivity index (χ0n) is 16.5. The molecular weight excluding hydrogens is 330 g/mol. The number of aromatic nitrogens is 3. The van der Waals surface area contributed by atoms with Crippen LogP contribution in [0.15, 0.2) is 55.0 Å². The van der Waals surface area contributed by atoms with Gasteiger partial charge >= 0.3 is 0 Å². The molecule has 0 aliphatic rings. The fourth-order valence-corrected chi connectivity index (χ4v) is 3.14. The van der Waals surface area contributed by atoms with Gasteiger partial charge in [-0.15, -0.1) is 0 Å². The summed E-state index contributed by atoms with van der Waals surface area (Å²) < 4.78 is 0. The molecule has 0 aliphatic carbocycles. The Bertz CT molecular complexity index is 806. The van der Waals surface area contributed by atoms with Gasteiger partial charge in [0, 0.05) is 24.2 Å². The normalized spacial score (nSPS) is 10.9. The van der Waals surface area contributed by atoms with E-state index in [0.29, 0.717) is 5.82 Å². The predicted octanol–water partition coefficient (Wildman–Crippen LogP) is 6.28. The topological polar surface area (TPSA) is 38.7 Å². The second-order valence-electron chi connectivity index (χ2n) is 7.10. The number of hydrogen-bond acceptors (Lipinski definition) is 3. The van der Waals surface area contributed by atoms with Crippen LogP contribution in [0.4, 0.5) is 0 Å². The SMILES string of the molecule is CCCCCc1ccc(-c2ncc(-c3ccc(CCCC)cc3)cn2)nc1. The Kier molecular flexibility index (Phi) is 7.09. The molecule has 0 radical (unpaired) electrons. The quantitative estimate of drug-likeness (QED) is 0.422. The molecule has 3 rings (SSSR count). The van der Waals surface area contributed by atoms with Crippen LogP contribution in [0, 0.1) is 0 Å². The molecule has 0 atom stereocenters. The molecule has 0 spiro atoms. The van der Waals surface area contributed by atoms with Crippen molar-refractivity contribution >= 4 is 0 Å². The van der Waals surface area contributed by atoms with E-state index in [2.05, 4.69) is 59.1 Å². The molecule has 0 aliphatic heterocycles. The zero-order valence-corrected chi connectivity index (χ0v) is 16.5. The second-order valence-corrected chi connectivity index (χ2v) is 7.10. The van der Waals surface area contributed by atoms with E-state index in [4.69, 9.17) is 0 Å². The number of unbranched alkanes of at least 4 members (excludes halogenated alkanes) is 3. The van der Waals surface area contributed by atoms with E-state index in [9.17, 15) is 0 Å². The Balaban J connectivity index is 1.66. The summed E-state index contributed by atoms with van der Waals surface area (Å²) in [4.78, 5) is 13.6. The van der Waals surface area contributed by atoms with Crippen LogP contribution in [0.5, 0.6) is 0 Å². The Morgan fingerprint density at radius 1 is 0.593 bits per heavy atom. The first-order valence-corrected chi connectivity index (χ1v) is 10.2. The van der Waals surface area contributed by atoms with Crippen molar-refractivity contribution in [3.63, 3.8) is 0 Å². The second kappa shape index (κ2) is 9.96. The molecule has 140 valence electrons. The molecular formula is C24H29N3. The van der Waals surface area contributed by atoms with Crippen LogP contribution in [0.3, 0.4) is 0 Å². The van der Waals surface area contributed by atoms with Gasteiger partial charge in [0.2, 0.25) is 0 Å². The fraction of sp³-hybridized carbons (Fsp3) is 0.375. The van der Waals surface area contributed by atoms with Crippen LogP contribution < -0.4 is 0 Å². The Morgan fingerprint density at radius 2 is 1.26 bits per heavy atom. The van der Waals surface area contributed by atoms with Gasteiger partial charge in [0.05, 0.1) is 0 Å². The minimum absolute atomic E-state index is 0.679. The van der Waals surface area contributed by atoms with Gasteiger partial charge in [-0.3, -0.25) is 4.98 Å². The predicted molar refractivity (Wildman–Crippen MR) is 113 cm³/mol. The molecule has 2 aromatic heterocycles. The van der Waals surface area contributed by atoms with Crippen molar-refractivity contribution in [2.75, 3.05) is 0 Å². The minimum atomic E-state index is 0.679. The van der Waals surface area contributed by atoms with Crippen molar-refractivity contribution < 1.29 is 0 Å². The maximum Gasteiger partial charge on any atom is 0.178 e. The van der Waals surface area contributed by atoms with Crippen molar-refractivity contribution in [3.8, 4) is 22.6 Å². The molecule has 0 saturated heterocycles. The van der Waals surface area contributed by atoms with E-state index in [0.717, 1.165) is 29.7 Å². The monoisotopic (exact) mass is 359 g/mol. The van der Waals surface area contributed by atoms with Crippen molar-refractivity contribution in [3.05, 3.63) is 66.1 Å². The van der Waals surface area contributed by atoms with Gasteiger partial charge in [-0.1, -0.05) is 63.4 Å². The summed E-state index contributed by atoms with van der Waals surface area (Å²) in [5.74, 6) is 0.679. The zero-order chi connectivity index (χ0) is 18.9. The molecule has 0 saturated carbocycles. The van der Waals surface area contributed by atoms with Gasteiger partial charge in [0.1, 0.15) is 5.69 Å². The van der Waals surface area contributed by atoms with Crippen molar-refractivity contribution in [1.82, 2.24) is 15.0 Å². The Hall–Kier alpha value is -2.55. The molecule has 0 unspecified atom stereocenters. The van der Waals surface area contributed by atoms with E-state index in [1.54, 1.807) is 0 Å². The van der Waals surface area contributed by atoms with Gasteiger partial charge in [0.15, 0.2) is 5.82 Å². The van der Waals surface area contributed by atoms with Crippen molar-refractivity contribution in [1.29, 1.82) is 0 Å². The molecule has 3 heteroatoms. The third-order valence-electron chi connectivity index (χ3n) is 4.88. The standard InChI is InChI=1S/C24H29N3/c1-3-5-7-9-20-12-15-23(25-16-20)24-26-17-22(18-27-24)21-13-10-19(11-14-21)8-6-4-2/h10-18H,3-9H2,1-2H3. The lowest BCUT2D eigenvalue weighted by Gasteiger charge is -2.06. The Morgan fingerprint density at radius 3 is 1.89 bits per heavy atom. The number of pyridine rings is 1. The van der Waals surface area contributed by atoms with E-state index < -0.39 is 0 Å². The average Bonchev–Trinajstić information content (AvgIpc) is 2.73. The number of hydrogen-bond donors (Lipinski definition) is 0. The van der Waals surface area contributed by atoms with E-state index >= 15 is 0 Å².